The van der Waals surface area contributed by atoms with E-state index in [-0.39, 0.29) is 12.0 Å². The average molecular weight is 352 g/mol. The Bertz CT molecular complexity index is 874. The van der Waals surface area contributed by atoms with Crippen molar-refractivity contribution in [1.82, 2.24) is 19.9 Å². The van der Waals surface area contributed by atoms with Gasteiger partial charge < -0.3 is 9.63 Å². The molecule has 1 aliphatic rings. The van der Waals surface area contributed by atoms with E-state index < -0.39 is 0 Å². The molecule has 0 spiro atoms. The van der Waals surface area contributed by atoms with Gasteiger partial charge in [0.15, 0.2) is 5.82 Å². The van der Waals surface area contributed by atoms with Gasteiger partial charge in [0.2, 0.25) is 0 Å². The zero-order chi connectivity index (χ0) is 18.1. The molecule has 0 unspecified atom stereocenters. The molecule has 1 aromatic carbocycles. The number of benzene rings is 1. The number of nitrogens with zero attached hydrogens (tertiary/aromatic N) is 4. The Morgan fingerprint density at radius 1 is 1.19 bits per heavy atom. The van der Waals surface area contributed by atoms with E-state index in [1.165, 1.54) is 5.56 Å². The van der Waals surface area contributed by atoms with Crippen LogP contribution in [-0.2, 0) is 18.4 Å². The molecule has 2 aromatic heterocycles. The molecule has 1 fully saturated rings. The van der Waals surface area contributed by atoms with E-state index in [1.54, 1.807) is 0 Å². The SMILES string of the molecule is Cc1noc(C)c1Cc1nc(C2(c3ccccc3)CC2)nn1CCCO. The van der Waals surface area contributed by atoms with Crippen molar-refractivity contribution in [2.24, 2.45) is 0 Å². The van der Waals surface area contributed by atoms with Gasteiger partial charge in [-0.15, -0.1) is 0 Å². The lowest BCUT2D eigenvalue weighted by atomic mass is 9.95. The summed E-state index contributed by atoms with van der Waals surface area (Å²) in [6.45, 7) is 4.68. The molecule has 0 aliphatic heterocycles. The Morgan fingerprint density at radius 3 is 2.58 bits per heavy atom. The maximum absolute atomic E-state index is 9.23. The first-order valence-corrected chi connectivity index (χ1v) is 9.16. The third-order valence-corrected chi connectivity index (χ3v) is 5.30. The molecule has 6 nitrogen and oxygen atoms in total. The molecule has 0 amide bonds. The van der Waals surface area contributed by atoms with E-state index in [1.807, 2.05) is 24.6 Å². The molecule has 1 aliphatic carbocycles. The van der Waals surface area contributed by atoms with Crippen LogP contribution in [0.4, 0.5) is 0 Å². The smallest absolute Gasteiger partial charge is 0.161 e. The maximum atomic E-state index is 9.23. The summed E-state index contributed by atoms with van der Waals surface area (Å²) in [4.78, 5) is 4.93. The van der Waals surface area contributed by atoms with Crippen LogP contribution in [0.2, 0.25) is 0 Å². The van der Waals surface area contributed by atoms with Crippen molar-refractivity contribution in [2.75, 3.05) is 6.61 Å². The average Bonchev–Trinajstić information content (AvgIpc) is 3.29. The molecule has 0 saturated heterocycles. The van der Waals surface area contributed by atoms with E-state index in [2.05, 4.69) is 29.4 Å². The fourth-order valence-corrected chi connectivity index (χ4v) is 3.54. The van der Waals surface area contributed by atoms with Crippen LogP contribution in [0.1, 0.15) is 53.5 Å². The predicted octanol–water partition coefficient (Wildman–Crippen LogP) is 2.94. The van der Waals surface area contributed by atoms with Crippen molar-refractivity contribution in [3.05, 3.63) is 64.6 Å². The second-order valence-corrected chi connectivity index (χ2v) is 7.08. The molecule has 1 N–H and O–H groups in total. The van der Waals surface area contributed by atoms with Crippen molar-refractivity contribution < 1.29 is 9.63 Å². The van der Waals surface area contributed by atoms with Crippen LogP contribution >= 0.6 is 0 Å². The van der Waals surface area contributed by atoms with Crippen LogP contribution in [0.5, 0.6) is 0 Å². The Kier molecular flexibility index (Phi) is 4.36. The molecule has 4 rings (SSSR count). The van der Waals surface area contributed by atoms with Gasteiger partial charge in [-0.1, -0.05) is 35.5 Å². The van der Waals surface area contributed by atoms with E-state index in [0.29, 0.717) is 19.4 Å². The number of hydrogen-bond donors (Lipinski definition) is 1. The highest BCUT2D eigenvalue weighted by atomic mass is 16.5. The summed E-state index contributed by atoms with van der Waals surface area (Å²) in [6.07, 6.45) is 3.46. The molecule has 136 valence electrons. The van der Waals surface area contributed by atoms with Gasteiger partial charge in [-0.05, 0) is 38.7 Å². The lowest BCUT2D eigenvalue weighted by Gasteiger charge is -2.11. The minimum atomic E-state index is -0.0563. The highest BCUT2D eigenvalue weighted by molar-refractivity contribution is 5.39. The van der Waals surface area contributed by atoms with Crippen LogP contribution in [0, 0.1) is 13.8 Å². The first kappa shape index (κ1) is 17.0. The van der Waals surface area contributed by atoms with Crippen LogP contribution in [0.15, 0.2) is 34.9 Å². The van der Waals surface area contributed by atoms with Crippen LogP contribution in [0.3, 0.4) is 0 Å². The van der Waals surface area contributed by atoms with Gasteiger partial charge in [0.25, 0.3) is 0 Å². The fourth-order valence-electron chi connectivity index (χ4n) is 3.54. The largest absolute Gasteiger partial charge is 0.396 e. The molecule has 0 atom stereocenters. The molecule has 1 saturated carbocycles. The van der Waals surface area contributed by atoms with Gasteiger partial charge >= 0.3 is 0 Å². The van der Waals surface area contributed by atoms with E-state index in [4.69, 9.17) is 14.6 Å². The van der Waals surface area contributed by atoms with Crippen molar-refractivity contribution in [3.8, 4) is 0 Å². The van der Waals surface area contributed by atoms with Gasteiger partial charge in [0.1, 0.15) is 11.6 Å². The number of aromatic nitrogens is 4. The van der Waals surface area contributed by atoms with Crippen molar-refractivity contribution in [2.45, 2.75) is 51.5 Å². The molecular weight excluding hydrogens is 328 g/mol. The molecule has 3 aromatic rings. The van der Waals surface area contributed by atoms with Crippen molar-refractivity contribution >= 4 is 0 Å². The Hall–Kier alpha value is -2.47. The third-order valence-electron chi connectivity index (χ3n) is 5.30. The predicted molar refractivity (Wildman–Crippen MR) is 97.0 cm³/mol. The minimum Gasteiger partial charge on any atom is -0.396 e. The summed E-state index contributed by atoms with van der Waals surface area (Å²) in [7, 11) is 0. The van der Waals surface area contributed by atoms with Gasteiger partial charge in [-0.3, -0.25) is 0 Å². The number of hydrogen-bond acceptors (Lipinski definition) is 5. The van der Waals surface area contributed by atoms with Gasteiger partial charge in [0.05, 0.1) is 11.1 Å². The maximum Gasteiger partial charge on any atom is 0.161 e. The summed E-state index contributed by atoms with van der Waals surface area (Å²) in [5.74, 6) is 2.62. The monoisotopic (exact) mass is 352 g/mol. The molecule has 2 heterocycles. The summed E-state index contributed by atoms with van der Waals surface area (Å²) < 4.78 is 7.24. The van der Waals surface area contributed by atoms with Gasteiger partial charge in [0, 0.05) is 25.1 Å². The number of aliphatic hydroxyl groups excluding tert-OH is 1. The number of aryl methyl sites for hydroxylation is 3. The summed E-state index contributed by atoms with van der Waals surface area (Å²) >= 11 is 0. The Labute approximate surface area is 152 Å². The van der Waals surface area contributed by atoms with Gasteiger partial charge in [-0.25, -0.2) is 9.67 Å². The summed E-state index contributed by atoms with van der Waals surface area (Å²) in [6, 6.07) is 10.5. The standard InChI is InChI=1S/C20H24N4O2/c1-14-17(15(2)26-23-14)13-18-21-19(22-24(18)11-6-12-25)20(9-10-20)16-7-4-3-5-8-16/h3-5,7-8,25H,6,9-13H2,1-2H3. The second kappa shape index (κ2) is 6.68. The highest BCUT2D eigenvalue weighted by Gasteiger charge is 2.49. The van der Waals surface area contributed by atoms with Crippen LogP contribution < -0.4 is 0 Å². The lowest BCUT2D eigenvalue weighted by Crippen LogP contribution is -2.12. The normalized spacial score (nSPS) is 15.3. The molecular formula is C20H24N4O2. The first-order chi connectivity index (χ1) is 12.6. The quantitative estimate of drug-likeness (QED) is 0.707. The molecule has 26 heavy (non-hydrogen) atoms. The number of aliphatic hydroxyl groups is 1. The summed E-state index contributed by atoms with van der Waals surface area (Å²) in [5.41, 5.74) is 3.19. The fraction of sp³-hybridized carbons (Fsp3) is 0.450. The second-order valence-electron chi connectivity index (χ2n) is 7.08. The minimum absolute atomic E-state index is 0.0563. The first-order valence-electron chi connectivity index (χ1n) is 9.16. The van der Waals surface area contributed by atoms with Crippen LogP contribution in [0.25, 0.3) is 0 Å². The Balaban J connectivity index is 1.70. The van der Waals surface area contributed by atoms with Crippen molar-refractivity contribution in [1.29, 1.82) is 0 Å². The Morgan fingerprint density at radius 2 is 1.96 bits per heavy atom. The highest BCUT2D eigenvalue weighted by Crippen LogP contribution is 2.52. The zero-order valence-electron chi connectivity index (χ0n) is 15.3. The molecule has 0 radical (unpaired) electrons. The third kappa shape index (κ3) is 2.94. The van der Waals surface area contributed by atoms with Crippen LogP contribution in [-0.4, -0.2) is 31.6 Å². The van der Waals surface area contributed by atoms with Crippen molar-refractivity contribution in [3.63, 3.8) is 0 Å². The van der Waals surface area contributed by atoms with E-state index in [9.17, 15) is 5.11 Å². The molecule has 6 heteroatoms. The number of rotatable bonds is 7. The van der Waals surface area contributed by atoms with E-state index >= 15 is 0 Å². The summed E-state index contributed by atoms with van der Waals surface area (Å²) in [5, 5.41) is 18.1. The topological polar surface area (TPSA) is 77.0 Å². The molecule has 0 bridgehead atoms. The van der Waals surface area contributed by atoms with Gasteiger partial charge in [-0.2, -0.15) is 5.10 Å². The lowest BCUT2D eigenvalue weighted by molar-refractivity contribution is 0.276. The van der Waals surface area contributed by atoms with E-state index in [0.717, 1.165) is 41.5 Å². The zero-order valence-corrected chi connectivity index (χ0v) is 15.3.